The van der Waals surface area contributed by atoms with Crippen LogP contribution < -0.4 is 15.4 Å². The van der Waals surface area contributed by atoms with Crippen LogP contribution in [-0.4, -0.2) is 29.1 Å². The van der Waals surface area contributed by atoms with E-state index >= 15 is 0 Å². The second-order valence-electron chi connectivity index (χ2n) is 8.42. The summed E-state index contributed by atoms with van der Waals surface area (Å²) in [5.41, 5.74) is 1.09. The van der Waals surface area contributed by atoms with Crippen molar-refractivity contribution in [2.75, 3.05) is 6.54 Å². The molecule has 150 valence electrons. The van der Waals surface area contributed by atoms with Gasteiger partial charge in [-0.15, -0.1) is 0 Å². The van der Waals surface area contributed by atoms with Crippen molar-refractivity contribution in [2.24, 2.45) is 17.8 Å². The minimum Gasteiger partial charge on any atom is -0.467 e. The third kappa shape index (κ3) is 3.26. The van der Waals surface area contributed by atoms with Crippen molar-refractivity contribution < 1.29 is 14.3 Å². The van der Waals surface area contributed by atoms with Crippen molar-refractivity contribution >= 4 is 11.8 Å². The quantitative estimate of drug-likeness (QED) is 0.840. The number of hydrogen-bond donors (Lipinski definition) is 2. The summed E-state index contributed by atoms with van der Waals surface area (Å²) in [6.07, 6.45) is 7.79. The number of aromatic nitrogens is 1. The molecule has 0 unspecified atom stereocenters. The largest absolute Gasteiger partial charge is 0.467 e. The molecule has 4 atom stereocenters. The Balaban J connectivity index is 1.25. The number of amides is 2. The van der Waals surface area contributed by atoms with E-state index in [1.54, 1.807) is 18.5 Å². The Morgan fingerprint density at radius 1 is 1.21 bits per heavy atom. The lowest BCUT2D eigenvalue weighted by Gasteiger charge is -2.55. The predicted octanol–water partition coefficient (Wildman–Crippen LogP) is 2.70. The van der Waals surface area contributed by atoms with E-state index in [9.17, 15) is 9.59 Å². The van der Waals surface area contributed by atoms with Crippen molar-refractivity contribution in [2.45, 2.75) is 37.8 Å². The van der Waals surface area contributed by atoms with E-state index in [1.165, 1.54) is 5.56 Å². The van der Waals surface area contributed by atoms with Crippen LogP contribution in [0, 0.1) is 17.8 Å². The number of fused-ring (bicyclic) bond motifs is 3. The number of pyridine rings is 1. The zero-order chi connectivity index (χ0) is 19.8. The van der Waals surface area contributed by atoms with Gasteiger partial charge in [0.05, 0.1) is 5.56 Å². The molecule has 3 aliphatic carbocycles. The fourth-order valence-corrected chi connectivity index (χ4v) is 5.29. The molecule has 1 spiro atoms. The maximum Gasteiger partial charge on any atom is 0.258 e. The lowest BCUT2D eigenvalue weighted by molar-refractivity contribution is -0.146. The number of carbonyl (C=O) groups is 2. The number of nitrogens with zero attached hydrogens (tertiary/aromatic N) is 1. The van der Waals surface area contributed by atoms with Gasteiger partial charge in [0.15, 0.2) is 5.72 Å². The fourth-order valence-electron chi connectivity index (χ4n) is 5.29. The molecule has 1 aromatic carbocycles. The first-order valence-corrected chi connectivity index (χ1v) is 10.4. The molecule has 6 nitrogen and oxygen atoms in total. The second-order valence-corrected chi connectivity index (χ2v) is 8.42. The molecule has 1 aliphatic heterocycles. The minimum absolute atomic E-state index is 0.00510. The van der Waals surface area contributed by atoms with Crippen molar-refractivity contribution in [3.05, 3.63) is 59.9 Å². The zero-order valence-electron chi connectivity index (χ0n) is 16.3. The molecule has 0 radical (unpaired) electrons. The van der Waals surface area contributed by atoms with E-state index in [2.05, 4.69) is 15.6 Å². The molecule has 1 aromatic heterocycles. The molecule has 6 heteroatoms. The summed E-state index contributed by atoms with van der Waals surface area (Å²) in [5.74, 6) is 1.09. The van der Waals surface area contributed by atoms with Gasteiger partial charge >= 0.3 is 0 Å². The first kappa shape index (κ1) is 18.2. The molecular formula is C23H25N3O3. The van der Waals surface area contributed by atoms with Gasteiger partial charge in [-0.3, -0.25) is 14.6 Å². The van der Waals surface area contributed by atoms with E-state index in [0.717, 1.165) is 25.7 Å². The van der Waals surface area contributed by atoms with Crippen LogP contribution in [0.3, 0.4) is 0 Å². The molecule has 4 aliphatic rings. The van der Waals surface area contributed by atoms with Gasteiger partial charge in [-0.25, -0.2) is 0 Å². The molecule has 0 saturated heterocycles. The first-order chi connectivity index (χ1) is 14.1. The van der Waals surface area contributed by atoms with Crippen molar-refractivity contribution in [3.63, 3.8) is 0 Å². The minimum atomic E-state index is -0.665. The first-order valence-electron chi connectivity index (χ1n) is 10.4. The Kier molecular flexibility index (Phi) is 4.49. The van der Waals surface area contributed by atoms with Gasteiger partial charge in [0.2, 0.25) is 5.91 Å². The molecular weight excluding hydrogens is 366 g/mol. The van der Waals surface area contributed by atoms with Crippen molar-refractivity contribution in [1.82, 2.24) is 15.6 Å². The average Bonchev–Trinajstić information content (AvgIpc) is 2.75. The highest BCUT2D eigenvalue weighted by Gasteiger charge is 2.57. The summed E-state index contributed by atoms with van der Waals surface area (Å²) in [7, 11) is 0. The maximum absolute atomic E-state index is 12.9. The van der Waals surface area contributed by atoms with Crippen LogP contribution >= 0.6 is 0 Å². The maximum atomic E-state index is 12.9. The molecule has 2 aromatic rings. The van der Waals surface area contributed by atoms with Gasteiger partial charge in [-0.1, -0.05) is 12.1 Å². The highest BCUT2D eigenvalue weighted by atomic mass is 16.5. The number of nitrogens with one attached hydrogen (secondary N) is 2. The summed E-state index contributed by atoms with van der Waals surface area (Å²) in [5, 5.41) is 6.26. The lowest BCUT2D eigenvalue weighted by Crippen LogP contribution is -2.66. The van der Waals surface area contributed by atoms with E-state index in [-0.39, 0.29) is 29.6 Å². The lowest BCUT2D eigenvalue weighted by atomic mass is 9.60. The Morgan fingerprint density at radius 2 is 2.03 bits per heavy atom. The molecule has 2 heterocycles. The normalized spacial score (nSPS) is 29.7. The molecule has 3 fully saturated rings. The van der Waals surface area contributed by atoms with E-state index in [4.69, 9.17) is 4.74 Å². The van der Waals surface area contributed by atoms with Crippen molar-refractivity contribution in [3.8, 4) is 5.75 Å². The SMILES string of the molecule is O=C1N[C@@]2(C[C@H]3CC[C@H]2C[C@@H]3C(=O)NCCc2ccncc2)Oc2ccccc21. The van der Waals surface area contributed by atoms with Crippen LogP contribution in [0.2, 0.25) is 0 Å². The number of ether oxygens (including phenoxy) is 1. The summed E-state index contributed by atoms with van der Waals surface area (Å²) in [6.45, 7) is 0.627. The summed E-state index contributed by atoms with van der Waals surface area (Å²) in [6, 6.07) is 11.3. The van der Waals surface area contributed by atoms with Gasteiger partial charge in [0, 0.05) is 37.2 Å². The molecule has 29 heavy (non-hydrogen) atoms. The number of benzene rings is 1. The topological polar surface area (TPSA) is 80.3 Å². The van der Waals surface area contributed by atoms with Gasteiger partial charge in [0.1, 0.15) is 5.75 Å². The van der Waals surface area contributed by atoms with Gasteiger partial charge in [0.25, 0.3) is 5.91 Å². The smallest absolute Gasteiger partial charge is 0.258 e. The van der Waals surface area contributed by atoms with E-state index in [0.29, 0.717) is 24.3 Å². The van der Waals surface area contributed by atoms with Crippen LogP contribution in [0.25, 0.3) is 0 Å². The molecule has 3 saturated carbocycles. The summed E-state index contributed by atoms with van der Waals surface area (Å²) >= 11 is 0. The third-order valence-electron chi connectivity index (χ3n) is 6.77. The zero-order valence-corrected chi connectivity index (χ0v) is 16.3. The molecule has 6 rings (SSSR count). The third-order valence-corrected chi connectivity index (χ3v) is 6.77. The highest BCUT2D eigenvalue weighted by Crippen LogP contribution is 2.52. The van der Waals surface area contributed by atoms with Gasteiger partial charge < -0.3 is 15.4 Å². The fraction of sp³-hybridized carbons (Fsp3) is 0.435. The van der Waals surface area contributed by atoms with Crippen molar-refractivity contribution in [1.29, 1.82) is 0 Å². The second kappa shape index (κ2) is 7.17. The Hall–Kier alpha value is -2.89. The van der Waals surface area contributed by atoms with Gasteiger partial charge in [-0.05, 0) is 61.4 Å². The predicted molar refractivity (Wildman–Crippen MR) is 107 cm³/mol. The molecule has 2 bridgehead atoms. The van der Waals surface area contributed by atoms with Crippen LogP contribution in [0.1, 0.15) is 41.6 Å². The molecule has 2 amide bonds. The van der Waals surface area contributed by atoms with E-state index < -0.39 is 5.72 Å². The van der Waals surface area contributed by atoms with E-state index in [1.807, 2.05) is 30.3 Å². The summed E-state index contributed by atoms with van der Waals surface area (Å²) in [4.78, 5) is 29.5. The highest BCUT2D eigenvalue weighted by molar-refractivity contribution is 5.98. The summed E-state index contributed by atoms with van der Waals surface area (Å²) < 4.78 is 6.36. The number of para-hydroxylation sites is 1. The van der Waals surface area contributed by atoms with Crippen LogP contribution in [-0.2, 0) is 11.2 Å². The Labute approximate surface area is 170 Å². The molecule has 2 N–H and O–H groups in total. The van der Waals surface area contributed by atoms with Gasteiger partial charge in [-0.2, -0.15) is 0 Å². The standard InChI is InChI=1S/C23H25N3O3/c27-21(25-12-9-15-7-10-24-11-8-15)19-13-17-6-5-16(19)14-23(17)26-22(28)18-3-1-2-4-20(18)29-23/h1-4,7-8,10-11,16-17,19H,5-6,9,12-14H2,(H,25,27)(H,26,28)/t16-,17+,19+,23+/m1/s1. The number of hydrogen-bond acceptors (Lipinski definition) is 4. The van der Waals surface area contributed by atoms with Crippen LogP contribution in [0.5, 0.6) is 5.75 Å². The monoisotopic (exact) mass is 391 g/mol. The average molecular weight is 391 g/mol. The Bertz CT molecular complexity index is 932. The van der Waals surface area contributed by atoms with Crippen LogP contribution in [0.4, 0.5) is 0 Å². The number of carbonyl (C=O) groups excluding carboxylic acids is 2. The Morgan fingerprint density at radius 3 is 2.83 bits per heavy atom. The number of rotatable bonds is 4. The van der Waals surface area contributed by atoms with Crippen LogP contribution in [0.15, 0.2) is 48.8 Å².